The third-order valence-electron chi connectivity index (χ3n) is 5.99. The van der Waals surface area contributed by atoms with Crippen LogP contribution < -0.4 is 15.2 Å². The molecule has 0 bridgehead atoms. The molecule has 1 unspecified atom stereocenters. The van der Waals surface area contributed by atoms with Crippen LogP contribution in [0.4, 0.5) is 4.79 Å². The lowest BCUT2D eigenvalue weighted by Gasteiger charge is -2.30. The maximum absolute atomic E-state index is 13.5. The maximum Gasteiger partial charge on any atom is 0.407 e. The highest BCUT2D eigenvalue weighted by Crippen LogP contribution is 2.22. The Labute approximate surface area is 230 Å². The van der Waals surface area contributed by atoms with Crippen molar-refractivity contribution >= 4 is 16.1 Å². The molecule has 0 radical (unpaired) electrons. The second-order valence-electron chi connectivity index (χ2n) is 9.62. The molecule has 10 heteroatoms. The predicted octanol–water partition coefficient (Wildman–Crippen LogP) is 3.31. The van der Waals surface area contributed by atoms with Crippen LogP contribution >= 0.6 is 0 Å². The number of carbonyl (C=O) groups excluding carboxylic acids is 1. The van der Waals surface area contributed by atoms with Gasteiger partial charge in [-0.1, -0.05) is 68.4 Å². The molecular formula is C29H35N2O7S-. The van der Waals surface area contributed by atoms with E-state index < -0.39 is 28.3 Å². The van der Waals surface area contributed by atoms with E-state index in [0.717, 1.165) is 5.56 Å². The largest absolute Gasteiger partial charge is 0.872 e. The molecule has 3 aromatic rings. The Kier molecular flexibility index (Phi) is 10.7. The average molecular weight is 556 g/mol. The van der Waals surface area contributed by atoms with Gasteiger partial charge in [-0.2, -0.15) is 4.31 Å². The van der Waals surface area contributed by atoms with Crippen LogP contribution in [0.1, 0.15) is 25.0 Å². The highest BCUT2D eigenvalue weighted by Gasteiger charge is 2.31. The van der Waals surface area contributed by atoms with Gasteiger partial charge in [-0.05, 0) is 47.7 Å². The quantitative estimate of drug-likeness (QED) is 0.331. The van der Waals surface area contributed by atoms with Crippen molar-refractivity contribution < 1.29 is 32.9 Å². The fourth-order valence-electron chi connectivity index (χ4n) is 4.04. The van der Waals surface area contributed by atoms with E-state index in [1.165, 1.54) is 35.7 Å². The first-order valence-electron chi connectivity index (χ1n) is 12.6. The molecule has 3 aromatic carbocycles. The van der Waals surface area contributed by atoms with Crippen molar-refractivity contribution in [2.24, 2.45) is 5.92 Å². The van der Waals surface area contributed by atoms with Crippen molar-refractivity contribution in [2.45, 2.75) is 43.9 Å². The third kappa shape index (κ3) is 8.98. The Hall–Kier alpha value is -3.60. The molecule has 1 amide bonds. The highest BCUT2D eigenvalue weighted by molar-refractivity contribution is 7.89. The van der Waals surface area contributed by atoms with E-state index in [9.17, 15) is 23.4 Å². The fraction of sp³-hybridized carbons (Fsp3) is 0.345. The van der Waals surface area contributed by atoms with Crippen LogP contribution in [0.15, 0.2) is 83.8 Å². The maximum atomic E-state index is 13.5. The molecule has 0 aliphatic carbocycles. The van der Waals surface area contributed by atoms with Gasteiger partial charge >= 0.3 is 6.09 Å². The normalized spacial score (nSPS) is 13.2. The van der Waals surface area contributed by atoms with Crippen molar-refractivity contribution in [2.75, 3.05) is 20.2 Å². The van der Waals surface area contributed by atoms with Crippen LogP contribution in [0.5, 0.6) is 11.5 Å². The molecule has 0 aliphatic heterocycles. The van der Waals surface area contributed by atoms with E-state index >= 15 is 0 Å². The monoisotopic (exact) mass is 555 g/mol. The van der Waals surface area contributed by atoms with Crippen molar-refractivity contribution in [3.8, 4) is 11.5 Å². The number of nitrogens with zero attached hydrogens (tertiary/aromatic N) is 1. The summed E-state index contributed by atoms with van der Waals surface area (Å²) in [5, 5.41) is 25.5. The zero-order valence-corrected chi connectivity index (χ0v) is 23.1. The van der Waals surface area contributed by atoms with E-state index in [2.05, 4.69) is 5.32 Å². The van der Waals surface area contributed by atoms with Crippen LogP contribution in [0.3, 0.4) is 0 Å². The second-order valence-corrected chi connectivity index (χ2v) is 11.6. The smallest absolute Gasteiger partial charge is 0.407 e. The van der Waals surface area contributed by atoms with Gasteiger partial charge in [0.1, 0.15) is 12.4 Å². The first-order chi connectivity index (χ1) is 18.6. The van der Waals surface area contributed by atoms with Crippen molar-refractivity contribution in [3.05, 3.63) is 90.0 Å². The minimum atomic E-state index is -3.96. The number of amides is 1. The zero-order valence-electron chi connectivity index (χ0n) is 22.3. The van der Waals surface area contributed by atoms with Crippen molar-refractivity contribution in [1.82, 2.24) is 9.62 Å². The summed E-state index contributed by atoms with van der Waals surface area (Å²) in [4.78, 5) is 12.8. The number of sulfonamides is 1. The Morgan fingerprint density at radius 3 is 2.26 bits per heavy atom. The number of aliphatic hydroxyl groups excluding tert-OH is 1. The van der Waals surface area contributed by atoms with Gasteiger partial charge < -0.3 is 25.0 Å². The number of rotatable bonds is 13. The van der Waals surface area contributed by atoms with E-state index in [1.54, 1.807) is 24.3 Å². The minimum Gasteiger partial charge on any atom is -0.872 e. The number of benzene rings is 3. The van der Waals surface area contributed by atoms with Gasteiger partial charge in [-0.25, -0.2) is 13.2 Å². The van der Waals surface area contributed by atoms with Gasteiger partial charge in [0.25, 0.3) is 0 Å². The van der Waals surface area contributed by atoms with E-state index in [4.69, 9.17) is 9.47 Å². The average Bonchev–Trinajstić information content (AvgIpc) is 2.91. The molecule has 0 heterocycles. The van der Waals surface area contributed by atoms with Crippen LogP contribution in [-0.2, 0) is 27.8 Å². The lowest BCUT2D eigenvalue weighted by Crippen LogP contribution is -2.51. The number of methoxy groups -OCH3 is 1. The first kappa shape index (κ1) is 29.9. The van der Waals surface area contributed by atoms with Crippen LogP contribution in [-0.4, -0.2) is 56.3 Å². The summed E-state index contributed by atoms with van der Waals surface area (Å²) in [5.74, 6) is 0.307. The molecule has 39 heavy (non-hydrogen) atoms. The van der Waals surface area contributed by atoms with E-state index in [0.29, 0.717) is 11.3 Å². The van der Waals surface area contributed by atoms with E-state index in [1.807, 2.05) is 44.2 Å². The highest BCUT2D eigenvalue weighted by atomic mass is 32.2. The summed E-state index contributed by atoms with van der Waals surface area (Å²) in [5.41, 5.74) is 1.38. The standard InChI is InChI=1S/C29H36N2O7S/c1-21(2)18-31(39(35,36)26-14-12-25(37-3)13-15-26)19-28(33)27(17-22-8-5-4-6-9-22)30-29(34)38-20-23-10-7-11-24(32)16-23/h4-16,21,27-28,32-33H,17-20H2,1-3H3,(H,30,34)/p-1/t27-,28?/m0/s1. The molecule has 210 valence electrons. The Morgan fingerprint density at radius 2 is 1.64 bits per heavy atom. The number of ether oxygens (including phenoxy) is 2. The number of hydrogen-bond donors (Lipinski definition) is 2. The zero-order chi connectivity index (χ0) is 28.4. The summed E-state index contributed by atoms with van der Waals surface area (Å²) in [6.45, 7) is 3.57. The number of carbonyl (C=O) groups is 1. The second kappa shape index (κ2) is 14.0. The SMILES string of the molecule is COc1ccc(S(=O)(=O)N(CC(C)C)CC(O)[C@H](Cc2ccccc2)NC(=O)OCc2cccc([O-])c2)cc1. The number of aliphatic hydroxyl groups is 1. The van der Waals surface area contributed by atoms with E-state index in [-0.39, 0.29) is 42.7 Å². The summed E-state index contributed by atoms with van der Waals surface area (Å²) in [7, 11) is -2.46. The van der Waals surface area contributed by atoms with Crippen molar-refractivity contribution in [3.63, 3.8) is 0 Å². The number of hydrogen-bond acceptors (Lipinski definition) is 7. The summed E-state index contributed by atoms with van der Waals surface area (Å²) < 4.78 is 38.7. The predicted molar refractivity (Wildman–Crippen MR) is 146 cm³/mol. The van der Waals surface area contributed by atoms with Gasteiger partial charge in [0, 0.05) is 13.1 Å². The molecular weight excluding hydrogens is 520 g/mol. The van der Waals surface area contributed by atoms with Gasteiger partial charge in [0.2, 0.25) is 10.0 Å². The molecule has 9 nitrogen and oxygen atoms in total. The fourth-order valence-corrected chi connectivity index (χ4v) is 5.66. The Bertz CT molecular complexity index is 1300. The molecule has 0 aliphatic rings. The first-order valence-corrected chi connectivity index (χ1v) is 14.1. The molecule has 0 aromatic heterocycles. The van der Waals surface area contributed by atoms with Crippen molar-refractivity contribution in [1.29, 1.82) is 0 Å². The molecule has 3 rings (SSSR count). The molecule has 0 saturated heterocycles. The summed E-state index contributed by atoms with van der Waals surface area (Å²) >= 11 is 0. The lowest BCUT2D eigenvalue weighted by atomic mass is 10.0. The third-order valence-corrected chi connectivity index (χ3v) is 7.84. The van der Waals surface area contributed by atoms with Gasteiger partial charge in [-0.15, -0.1) is 5.75 Å². The topological polar surface area (TPSA) is 128 Å². The number of alkyl carbamates (subject to hydrolysis) is 1. The summed E-state index contributed by atoms with van der Waals surface area (Å²) in [6.07, 6.45) is -1.81. The molecule has 0 spiro atoms. The Balaban J connectivity index is 1.79. The lowest BCUT2D eigenvalue weighted by molar-refractivity contribution is -0.268. The van der Waals surface area contributed by atoms with Crippen LogP contribution in [0.2, 0.25) is 0 Å². The molecule has 0 saturated carbocycles. The van der Waals surface area contributed by atoms with Crippen LogP contribution in [0, 0.1) is 5.92 Å². The molecule has 2 N–H and O–H groups in total. The Morgan fingerprint density at radius 1 is 0.974 bits per heavy atom. The van der Waals surface area contributed by atoms with Gasteiger partial charge in [0.15, 0.2) is 0 Å². The number of nitrogens with one attached hydrogen (secondary N) is 1. The van der Waals surface area contributed by atoms with Gasteiger partial charge in [-0.3, -0.25) is 0 Å². The minimum absolute atomic E-state index is 0.0208. The van der Waals surface area contributed by atoms with Crippen LogP contribution in [0.25, 0.3) is 0 Å². The van der Waals surface area contributed by atoms with Gasteiger partial charge in [0.05, 0.1) is 24.2 Å². The molecule has 0 fully saturated rings. The summed E-state index contributed by atoms with van der Waals surface area (Å²) in [6, 6.07) is 20.5. The molecule has 2 atom stereocenters.